The lowest BCUT2D eigenvalue weighted by Crippen LogP contribution is -2.19. The number of hydrogen-bond acceptors (Lipinski definition) is 3. The molecule has 0 aliphatic carbocycles. The first-order chi connectivity index (χ1) is 9.15. The second-order valence-corrected chi connectivity index (χ2v) is 4.83. The predicted octanol–water partition coefficient (Wildman–Crippen LogP) is 3.11. The van der Waals surface area contributed by atoms with Crippen LogP contribution in [0.4, 0.5) is 5.95 Å². The first kappa shape index (κ1) is 11.8. The van der Waals surface area contributed by atoms with Gasteiger partial charge in [-0.1, -0.05) is 12.1 Å². The molecular weight excluding hydrogens is 238 g/mol. The normalized spacial score (nSPS) is 11.1. The van der Waals surface area contributed by atoms with Crippen molar-refractivity contribution in [1.29, 1.82) is 0 Å². The molecule has 0 radical (unpaired) electrons. The fourth-order valence-electron chi connectivity index (χ4n) is 2.35. The molecule has 0 bridgehead atoms. The molecule has 2 heterocycles. The molecule has 0 aliphatic heterocycles. The second-order valence-electron chi connectivity index (χ2n) is 4.83. The number of anilines is 1. The average Bonchev–Trinajstić information content (AvgIpc) is 2.94. The van der Waals surface area contributed by atoms with Crippen LogP contribution < -0.4 is 4.90 Å². The van der Waals surface area contributed by atoms with Gasteiger partial charge in [-0.25, -0.2) is 4.98 Å². The molecule has 0 amide bonds. The number of rotatable bonds is 3. The molecule has 0 atom stereocenters. The SMILES string of the molecule is Cc1ccc(CN(C)c2nc3ccccc3n2C)o1. The van der Waals surface area contributed by atoms with Gasteiger partial charge in [0.2, 0.25) is 5.95 Å². The van der Waals surface area contributed by atoms with Gasteiger partial charge in [0.25, 0.3) is 0 Å². The van der Waals surface area contributed by atoms with Crippen LogP contribution in [-0.4, -0.2) is 16.6 Å². The molecular formula is C15H17N3O. The van der Waals surface area contributed by atoms with E-state index in [0.717, 1.165) is 28.5 Å². The van der Waals surface area contributed by atoms with Crippen LogP contribution in [0.5, 0.6) is 0 Å². The second kappa shape index (κ2) is 4.46. The van der Waals surface area contributed by atoms with Gasteiger partial charge >= 0.3 is 0 Å². The fourth-order valence-corrected chi connectivity index (χ4v) is 2.35. The molecule has 98 valence electrons. The molecule has 2 aromatic heterocycles. The Bertz CT molecular complexity index is 711. The highest BCUT2D eigenvalue weighted by Gasteiger charge is 2.12. The zero-order valence-electron chi connectivity index (χ0n) is 11.4. The smallest absolute Gasteiger partial charge is 0.206 e. The van der Waals surface area contributed by atoms with E-state index in [9.17, 15) is 0 Å². The van der Waals surface area contributed by atoms with E-state index < -0.39 is 0 Å². The largest absolute Gasteiger partial charge is 0.464 e. The Hall–Kier alpha value is -2.23. The van der Waals surface area contributed by atoms with Gasteiger partial charge < -0.3 is 13.9 Å². The maximum atomic E-state index is 5.61. The van der Waals surface area contributed by atoms with Gasteiger partial charge in [0.05, 0.1) is 17.6 Å². The number of furan rings is 1. The summed E-state index contributed by atoms with van der Waals surface area (Å²) >= 11 is 0. The van der Waals surface area contributed by atoms with Crippen LogP contribution in [0.1, 0.15) is 11.5 Å². The highest BCUT2D eigenvalue weighted by atomic mass is 16.3. The molecule has 0 N–H and O–H groups in total. The molecule has 1 aromatic carbocycles. The molecule has 0 aliphatic rings. The maximum absolute atomic E-state index is 5.61. The summed E-state index contributed by atoms with van der Waals surface area (Å²) in [6, 6.07) is 12.1. The van der Waals surface area contributed by atoms with Crippen molar-refractivity contribution in [3.63, 3.8) is 0 Å². The van der Waals surface area contributed by atoms with E-state index in [0.29, 0.717) is 6.54 Å². The minimum absolute atomic E-state index is 0.713. The Morgan fingerprint density at radius 2 is 2.00 bits per heavy atom. The van der Waals surface area contributed by atoms with Crippen LogP contribution in [0.25, 0.3) is 11.0 Å². The Balaban J connectivity index is 1.93. The lowest BCUT2D eigenvalue weighted by atomic mass is 10.3. The molecule has 0 saturated carbocycles. The number of aryl methyl sites for hydroxylation is 2. The topological polar surface area (TPSA) is 34.2 Å². The van der Waals surface area contributed by atoms with Crippen LogP contribution in [0.15, 0.2) is 40.8 Å². The van der Waals surface area contributed by atoms with Crippen molar-refractivity contribution in [2.75, 3.05) is 11.9 Å². The monoisotopic (exact) mass is 255 g/mol. The van der Waals surface area contributed by atoms with Crippen molar-refractivity contribution in [2.24, 2.45) is 7.05 Å². The van der Waals surface area contributed by atoms with Crippen molar-refractivity contribution in [1.82, 2.24) is 9.55 Å². The summed E-state index contributed by atoms with van der Waals surface area (Å²) in [4.78, 5) is 6.76. The Morgan fingerprint density at radius 3 is 2.68 bits per heavy atom. The van der Waals surface area contributed by atoms with Crippen LogP contribution >= 0.6 is 0 Å². The van der Waals surface area contributed by atoms with Gasteiger partial charge in [0.1, 0.15) is 11.5 Å². The van der Waals surface area contributed by atoms with Gasteiger partial charge in [-0.15, -0.1) is 0 Å². The van der Waals surface area contributed by atoms with Gasteiger partial charge in [-0.3, -0.25) is 0 Å². The highest BCUT2D eigenvalue weighted by molar-refractivity contribution is 5.78. The van der Waals surface area contributed by atoms with Gasteiger partial charge in [0, 0.05) is 14.1 Å². The zero-order valence-corrected chi connectivity index (χ0v) is 11.4. The quantitative estimate of drug-likeness (QED) is 0.721. The lowest BCUT2D eigenvalue weighted by molar-refractivity contribution is 0.480. The van der Waals surface area contributed by atoms with E-state index in [1.807, 2.05) is 51.4 Å². The molecule has 0 spiro atoms. The Labute approximate surface area is 112 Å². The van der Waals surface area contributed by atoms with Crippen molar-refractivity contribution < 1.29 is 4.42 Å². The minimum atomic E-state index is 0.713. The first-order valence-electron chi connectivity index (χ1n) is 6.33. The third kappa shape index (κ3) is 2.10. The molecule has 4 heteroatoms. The summed E-state index contributed by atoms with van der Waals surface area (Å²) in [6.07, 6.45) is 0. The van der Waals surface area contributed by atoms with E-state index >= 15 is 0 Å². The summed E-state index contributed by atoms with van der Waals surface area (Å²) in [7, 11) is 4.06. The highest BCUT2D eigenvalue weighted by Crippen LogP contribution is 2.21. The van der Waals surface area contributed by atoms with Gasteiger partial charge in [-0.2, -0.15) is 0 Å². The average molecular weight is 255 g/mol. The zero-order chi connectivity index (χ0) is 13.4. The first-order valence-corrected chi connectivity index (χ1v) is 6.33. The van der Waals surface area contributed by atoms with Crippen LogP contribution in [0, 0.1) is 6.92 Å². The molecule has 0 saturated heterocycles. The number of fused-ring (bicyclic) bond motifs is 1. The lowest BCUT2D eigenvalue weighted by Gasteiger charge is -2.16. The Kier molecular flexibility index (Phi) is 2.78. The van der Waals surface area contributed by atoms with E-state index in [1.54, 1.807) is 0 Å². The third-order valence-electron chi connectivity index (χ3n) is 3.29. The van der Waals surface area contributed by atoms with Gasteiger partial charge in [-0.05, 0) is 31.2 Å². The van der Waals surface area contributed by atoms with Crippen molar-refractivity contribution in [2.45, 2.75) is 13.5 Å². The number of aromatic nitrogens is 2. The molecule has 4 nitrogen and oxygen atoms in total. The van der Waals surface area contributed by atoms with E-state index in [4.69, 9.17) is 4.42 Å². The fraction of sp³-hybridized carbons (Fsp3) is 0.267. The number of imidazole rings is 1. The van der Waals surface area contributed by atoms with E-state index in [1.165, 1.54) is 0 Å². The summed E-state index contributed by atoms with van der Waals surface area (Å²) in [6.45, 7) is 2.67. The number of benzene rings is 1. The molecule has 3 aromatic rings. The Morgan fingerprint density at radius 1 is 1.21 bits per heavy atom. The molecule has 19 heavy (non-hydrogen) atoms. The van der Waals surface area contributed by atoms with Crippen LogP contribution in [-0.2, 0) is 13.6 Å². The summed E-state index contributed by atoms with van der Waals surface area (Å²) in [5.74, 6) is 2.83. The van der Waals surface area contributed by atoms with E-state index in [2.05, 4.69) is 20.5 Å². The minimum Gasteiger partial charge on any atom is -0.464 e. The third-order valence-corrected chi connectivity index (χ3v) is 3.29. The number of para-hydroxylation sites is 2. The van der Waals surface area contributed by atoms with Crippen LogP contribution in [0.2, 0.25) is 0 Å². The predicted molar refractivity (Wildman–Crippen MR) is 76.3 cm³/mol. The number of hydrogen-bond donors (Lipinski definition) is 0. The van der Waals surface area contributed by atoms with Crippen molar-refractivity contribution in [3.8, 4) is 0 Å². The van der Waals surface area contributed by atoms with Gasteiger partial charge in [0.15, 0.2) is 0 Å². The summed E-state index contributed by atoms with van der Waals surface area (Å²) < 4.78 is 7.71. The van der Waals surface area contributed by atoms with Crippen LogP contribution in [0.3, 0.4) is 0 Å². The van der Waals surface area contributed by atoms with E-state index in [-0.39, 0.29) is 0 Å². The summed E-state index contributed by atoms with van der Waals surface area (Å²) in [5, 5.41) is 0. The standard InChI is InChI=1S/C15H17N3O/c1-11-8-9-12(19-11)10-17(2)15-16-13-6-4-5-7-14(13)18(15)3/h4-9H,10H2,1-3H3. The van der Waals surface area contributed by atoms with Crippen molar-refractivity contribution >= 4 is 17.0 Å². The molecule has 0 unspecified atom stereocenters. The molecule has 0 fully saturated rings. The maximum Gasteiger partial charge on any atom is 0.206 e. The molecule has 3 rings (SSSR count). The number of nitrogens with zero attached hydrogens (tertiary/aromatic N) is 3. The van der Waals surface area contributed by atoms with Crippen molar-refractivity contribution in [3.05, 3.63) is 47.9 Å². The summed E-state index contributed by atoms with van der Waals surface area (Å²) in [5.41, 5.74) is 2.16.